The fourth-order valence-electron chi connectivity index (χ4n) is 4.08. The number of benzene rings is 3. The summed E-state index contributed by atoms with van der Waals surface area (Å²) in [6.45, 7) is 1.82. The monoisotopic (exact) mass is 553 g/mol. The van der Waals surface area contributed by atoms with Crippen LogP contribution in [0.5, 0.6) is 11.5 Å². The van der Waals surface area contributed by atoms with Crippen LogP contribution in [0.1, 0.15) is 16.8 Å². The van der Waals surface area contributed by atoms with Crippen molar-refractivity contribution in [1.29, 1.82) is 0 Å². The van der Waals surface area contributed by atoms with E-state index in [0.29, 0.717) is 22.0 Å². The van der Waals surface area contributed by atoms with Crippen molar-refractivity contribution in [2.45, 2.75) is 6.92 Å². The molecule has 9 nitrogen and oxygen atoms in total. The van der Waals surface area contributed by atoms with Gasteiger partial charge in [0.1, 0.15) is 11.5 Å². The molecule has 1 aromatic heterocycles. The zero-order valence-corrected chi connectivity index (χ0v) is 23.3. The summed E-state index contributed by atoms with van der Waals surface area (Å²) in [6, 6.07) is 24.0. The van der Waals surface area contributed by atoms with Crippen LogP contribution in [0.2, 0.25) is 0 Å². The van der Waals surface area contributed by atoms with Gasteiger partial charge in [-0.15, -0.1) is 0 Å². The molecule has 3 aromatic carbocycles. The highest BCUT2D eigenvalue weighted by Crippen LogP contribution is 2.35. The Morgan fingerprint density at radius 1 is 0.825 bits per heavy atom. The molecule has 5 rings (SSSR count). The second kappa shape index (κ2) is 11.5. The van der Waals surface area contributed by atoms with Gasteiger partial charge in [-0.05, 0) is 84.4 Å². The van der Waals surface area contributed by atoms with Crippen molar-refractivity contribution in [2.75, 3.05) is 14.2 Å². The average molecular weight is 554 g/mol. The Kier molecular flexibility index (Phi) is 7.70. The van der Waals surface area contributed by atoms with Gasteiger partial charge in [-0.3, -0.25) is 14.3 Å². The van der Waals surface area contributed by atoms with E-state index >= 15 is 0 Å². The summed E-state index contributed by atoms with van der Waals surface area (Å²) in [5, 5.41) is 5.97. The normalized spacial score (nSPS) is 15.5. The van der Waals surface area contributed by atoms with E-state index in [1.807, 2.05) is 85.8 Å². The van der Waals surface area contributed by atoms with Gasteiger partial charge in [0, 0.05) is 7.05 Å². The lowest BCUT2D eigenvalue weighted by Gasteiger charge is -2.08. The largest absolute Gasteiger partial charge is 0.497 e. The van der Waals surface area contributed by atoms with E-state index in [1.54, 1.807) is 42.9 Å². The first-order chi connectivity index (χ1) is 19.4. The Balaban J connectivity index is 1.57. The van der Waals surface area contributed by atoms with E-state index < -0.39 is 0 Å². The van der Waals surface area contributed by atoms with Crippen LogP contribution in [0, 0.1) is 6.92 Å². The van der Waals surface area contributed by atoms with E-state index in [9.17, 15) is 9.59 Å². The molecule has 1 fully saturated rings. The van der Waals surface area contributed by atoms with Crippen LogP contribution in [-0.2, 0) is 11.8 Å². The summed E-state index contributed by atoms with van der Waals surface area (Å²) in [5.74, 6) is 1.09. The Hall–Kier alpha value is -4.83. The average Bonchev–Trinajstić information content (AvgIpc) is 3.39. The summed E-state index contributed by atoms with van der Waals surface area (Å²) in [4.78, 5) is 32.1. The molecule has 2 heterocycles. The number of hydrogen-bond donors (Lipinski definition) is 0. The molecule has 0 bridgehead atoms. The first-order valence-electron chi connectivity index (χ1n) is 12.4. The van der Waals surface area contributed by atoms with E-state index in [0.717, 1.165) is 28.6 Å². The van der Waals surface area contributed by atoms with Gasteiger partial charge in [0.05, 0.1) is 36.7 Å². The Labute approximate surface area is 235 Å². The van der Waals surface area contributed by atoms with Gasteiger partial charge in [-0.1, -0.05) is 30.3 Å². The first-order valence-corrected chi connectivity index (χ1v) is 13.2. The van der Waals surface area contributed by atoms with E-state index in [2.05, 4.69) is 5.10 Å². The predicted molar refractivity (Wildman–Crippen MR) is 159 cm³/mol. The number of carbonyl (C=O) groups excluding carboxylic acids is 1. The molecule has 10 heteroatoms. The van der Waals surface area contributed by atoms with Crippen molar-refractivity contribution in [3.63, 3.8) is 0 Å². The second-order valence-corrected chi connectivity index (χ2v) is 9.83. The quantitative estimate of drug-likeness (QED) is 0.234. The lowest BCUT2D eigenvalue weighted by atomic mass is 10.2. The Morgan fingerprint density at radius 3 is 2.02 bits per heavy atom. The number of rotatable bonds is 7. The minimum Gasteiger partial charge on any atom is -0.497 e. The molecule has 1 aliphatic heterocycles. The van der Waals surface area contributed by atoms with Crippen molar-refractivity contribution >= 4 is 40.8 Å². The number of aromatic nitrogens is 2. The number of hydrazone groups is 1. The highest BCUT2D eigenvalue weighted by molar-refractivity contribution is 8.18. The topological polar surface area (TPSA) is 90.4 Å². The minimum atomic E-state index is -0.346. The SMILES string of the molecule is COc1ccc(/C=C2\SC(=Nc3c(C)n(C)n(-c4ccccc4)c3=O)N(/N=C/c3ccc(OC)cc3)C2=O)cc1. The van der Waals surface area contributed by atoms with Crippen molar-refractivity contribution in [1.82, 2.24) is 14.4 Å². The summed E-state index contributed by atoms with van der Waals surface area (Å²) < 4.78 is 13.8. The molecule has 1 amide bonds. The van der Waals surface area contributed by atoms with Crippen molar-refractivity contribution in [2.24, 2.45) is 17.1 Å². The smallest absolute Gasteiger partial charge is 0.297 e. The maximum absolute atomic E-state index is 13.5. The molecular weight excluding hydrogens is 526 g/mol. The number of amides is 1. The molecule has 40 heavy (non-hydrogen) atoms. The van der Waals surface area contributed by atoms with Crippen LogP contribution >= 0.6 is 11.8 Å². The van der Waals surface area contributed by atoms with Crippen LogP contribution in [0.4, 0.5) is 5.69 Å². The van der Waals surface area contributed by atoms with Gasteiger partial charge < -0.3 is 9.47 Å². The number of para-hydroxylation sites is 1. The van der Waals surface area contributed by atoms with Gasteiger partial charge in [0.15, 0.2) is 10.9 Å². The van der Waals surface area contributed by atoms with E-state index in [4.69, 9.17) is 14.5 Å². The number of hydrogen-bond acceptors (Lipinski definition) is 7. The molecule has 1 saturated heterocycles. The summed E-state index contributed by atoms with van der Waals surface area (Å²) >= 11 is 1.16. The number of methoxy groups -OCH3 is 2. The molecule has 4 aromatic rings. The molecule has 0 unspecified atom stereocenters. The number of aliphatic imine (C=N–C) groups is 1. The lowest BCUT2D eigenvalue weighted by molar-refractivity contribution is -0.122. The highest BCUT2D eigenvalue weighted by Gasteiger charge is 2.34. The third kappa shape index (κ3) is 5.34. The summed E-state index contributed by atoms with van der Waals surface area (Å²) in [7, 11) is 5.00. The van der Waals surface area contributed by atoms with Crippen LogP contribution in [0.3, 0.4) is 0 Å². The third-order valence-corrected chi connectivity index (χ3v) is 7.33. The third-order valence-electron chi connectivity index (χ3n) is 6.37. The zero-order chi connectivity index (χ0) is 28.2. The fourth-order valence-corrected chi connectivity index (χ4v) is 5.00. The molecule has 0 spiro atoms. The molecule has 0 aliphatic carbocycles. The molecule has 0 N–H and O–H groups in total. The van der Waals surface area contributed by atoms with Crippen LogP contribution < -0.4 is 15.0 Å². The molecular formula is C30H27N5O4S. The summed E-state index contributed by atoms with van der Waals surface area (Å²) in [5.41, 5.74) is 2.90. The predicted octanol–water partition coefficient (Wildman–Crippen LogP) is 5.14. The molecule has 0 radical (unpaired) electrons. The Bertz CT molecular complexity index is 1690. The van der Waals surface area contributed by atoms with Gasteiger partial charge in [0.25, 0.3) is 11.5 Å². The van der Waals surface area contributed by atoms with Crippen molar-refractivity contribution in [3.05, 3.63) is 111 Å². The molecule has 0 atom stereocenters. The van der Waals surface area contributed by atoms with Gasteiger partial charge in [0.2, 0.25) is 0 Å². The van der Waals surface area contributed by atoms with Crippen molar-refractivity contribution < 1.29 is 14.3 Å². The zero-order valence-electron chi connectivity index (χ0n) is 22.4. The highest BCUT2D eigenvalue weighted by atomic mass is 32.2. The van der Waals surface area contributed by atoms with Gasteiger partial charge in [-0.2, -0.15) is 10.1 Å². The number of amidine groups is 1. The minimum absolute atomic E-state index is 0.233. The maximum Gasteiger partial charge on any atom is 0.297 e. The van der Waals surface area contributed by atoms with E-state index in [1.165, 1.54) is 5.01 Å². The van der Waals surface area contributed by atoms with Crippen molar-refractivity contribution in [3.8, 4) is 17.2 Å². The summed E-state index contributed by atoms with van der Waals surface area (Å²) in [6.07, 6.45) is 3.34. The Morgan fingerprint density at radius 2 is 1.43 bits per heavy atom. The fraction of sp³-hybridized carbons (Fsp3) is 0.133. The number of ether oxygens (including phenoxy) is 2. The second-order valence-electron chi connectivity index (χ2n) is 8.82. The number of carbonyl (C=O) groups is 1. The van der Waals surface area contributed by atoms with Gasteiger partial charge in [-0.25, -0.2) is 9.67 Å². The van der Waals surface area contributed by atoms with Gasteiger partial charge >= 0.3 is 0 Å². The molecule has 202 valence electrons. The van der Waals surface area contributed by atoms with Crippen LogP contribution in [0.25, 0.3) is 11.8 Å². The standard InChI is InChI=1S/C30H27N5O4S/c1-20-27(29(37)35(33(20)2)23-8-6-5-7-9-23)32-30-34(31-19-22-12-16-25(39-4)17-13-22)28(36)26(40-30)18-21-10-14-24(38-3)15-11-21/h5-19H,1-4H3/b26-18-,31-19+,32-30?. The maximum atomic E-state index is 13.5. The number of thioether (sulfide) groups is 1. The number of nitrogens with zero attached hydrogens (tertiary/aromatic N) is 5. The molecule has 1 aliphatic rings. The van der Waals surface area contributed by atoms with Crippen LogP contribution in [0.15, 0.2) is 98.7 Å². The molecule has 0 saturated carbocycles. The van der Waals surface area contributed by atoms with E-state index in [-0.39, 0.29) is 22.3 Å². The van der Waals surface area contributed by atoms with Crippen LogP contribution in [-0.4, -0.2) is 45.9 Å². The first kappa shape index (κ1) is 26.8. The lowest BCUT2D eigenvalue weighted by Crippen LogP contribution is -2.24.